The lowest BCUT2D eigenvalue weighted by Gasteiger charge is -2.36. The van der Waals surface area contributed by atoms with Gasteiger partial charge in [-0.2, -0.15) is 0 Å². The second kappa shape index (κ2) is 9.82. The van der Waals surface area contributed by atoms with Crippen LogP contribution in [-0.2, 0) is 11.2 Å². The van der Waals surface area contributed by atoms with Gasteiger partial charge in [0.25, 0.3) is 0 Å². The van der Waals surface area contributed by atoms with Crippen LogP contribution in [0.1, 0.15) is 24.8 Å². The lowest BCUT2D eigenvalue weighted by molar-refractivity contribution is 0.0466. The zero-order valence-electron chi connectivity index (χ0n) is 18.5. The third-order valence-corrected chi connectivity index (χ3v) is 6.90. The minimum atomic E-state index is -0.155. The van der Waals surface area contributed by atoms with Gasteiger partial charge in [0, 0.05) is 13.1 Å². The first-order valence-electron chi connectivity index (χ1n) is 11.8. The zero-order chi connectivity index (χ0) is 21.8. The predicted molar refractivity (Wildman–Crippen MR) is 122 cm³/mol. The van der Waals surface area contributed by atoms with E-state index in [1.165, 1.54) is 5.56 Å². The van der Waals surface area contributed by atoms with Crippen LogP contribution in [0.2, 0.25) is 0 Å². The summed E-state index contributed by atoms with van der Waals surface area (Å²) >= 11 is 0. The molecule has 1 amide bonds. The molecule has 3 heterocycles. The standard InChI is InChI=1S/C26H32N2O4/c29-26-28(22(18-31-26)16-21-6-2-1-3-7-21)15-12-20-10-13-27(14-11-20)17-23-19-30-24-8-4-5-9-25(24)32-23/h1-9,20,22-23H,10-19H2. The topological polar surface area (TPSA) is 51.2 Å². The molecule has 2 atom stereocenters. The van der Waals surface area contributed by atoms with Crippen molar-refractivity contribution in [3.05, 3.63) is 60.2 Å². The summed E-state index contributed by atoms with van der Waals surface area (Å²) in [6.07, 6.45) is 4.16. The highest BCUT2D eigenvalue weighted by Crippen LogP contribution is 2.31. The molecule has 2 unspecified atom stereocenters. The van der Waals surface area contributed by atoms with E-state index < -0.39 is 0 Å². The maximum absolute atomic E-state index is 12.3. The molecule has 0 radical (unpaired) electrons. The monoisotopic (exact) mass is 436 g/mol. The number of benzene rings is 2. The zero-order valence-corrected chi connectivity index (χ0v) is 18.5. The van der Waals surface area contributed by atoms with Crippen LogP contribution in [-0.4, -0.2) is 67.4 Å². The van der Waals surface area contributed by atoms with Crippen LogP contribution in [0.4, 0.5) is 4.79 Å². The van der Waals surface area contributed by atoms with E-state index in [9.17, 15) is 4.79 Å². The average molecular weight is 437 g/mol. The Balaban J connectivity index is 1.06. The van der Waals surface area contributed by atoms with Crippen LogP contribution >= 0.6 is 0 Å². The second-order valence-corrected chi connectivity index (χ2v) is 9.14. The minimum absolute atomic E-state index is 0.0829. The number of piperidine rings is 1. The molecule has 3 aliphatic heterocycles. The lowest BCUT2D eigenvalue weighted by atomic mass is 9.93. The number of hydrogen-bond donors (Lipinski definition) is 0. The van der Waals surface area contributed by atoms with E-state index in [0.717, 1.165) is 63.4 Å². The van der Waals surface area contributed by atoms with Crippen LogP contribution in [0.25, 0.3) is 0 Å². The average Bonchev–Trinajstić information content (AvgIpc) is 3.18. The Kier molecular flexibility index (Phi) is 6.49. The van der Waals surface area contributed by atoms with E-state index in [0.29, 0.717) is 19.1 Å². The summed E-state index contributed by atoms with van der Waals surface area (Å²) in [5.74, 6) is 2.34. The number of amides is 1. The number of likely N-dealkylation sites (tertiary alicyclic amines) is 1. The quantitative estimate of drug-likeness (QED) is 0.657. The summed E-state index contributed by atoms with van der Waals surface area (Å²) in [5.41, 5.74) is 1.26. The molecule has 6 nitrogen and oxygen atoms in total. The van der Waals surface area contributed by atoms with Gasteiger partial charge in [-0.3, -0.25) is 4.90 Å². The molecular weight excluding hydrogens is 404 g/mol. The first-order chi connectivity index (χ1) is 15.7. The summed E-state index contributed by atoms with van der Waals surface area (Å²) in [7, 11) is 0. The molecule has 6 heteroatoms. The maximum Gasteiger partial charge on any atom is 0.410 e. The fourth-order valence-corrected chi connectivity index (χ4v) is 5.04. The van der Waals surface area contributed by atoms with Gasteiger partial charge in [0.15, 0.2) is 11.5 Å². The Bertz CT molecular complexity index is 898. The number of para-hydroxylation sites is 2. The number of cyclic esters (lactones) is 1. The maximum atomic E-state index is 12.3. The van der Waals surface area contributed by atoms with Crippen molar-refractivity contribution in [3.8, 4) is 11.5 Å². The van der Waals surface area contributed by atoms with Crippen molar-refractivity contribution in [1.82, 2.24) is 9.80 Å². The molecule has 0 saturated carbocycles. The van der Waals surface area contributed by atoms with Crippen molar-refractivity contribution in [3.63, 3.8) is 0 Å². The van der Waals surface area contributed by atoms with Crippen molar-refractivity contribution < 1.29 is 19.0 Å². The van der Waals surface area contributed by atoms with Gasteiger partial charge in [-0.15, -0.1) is 0 Å². The molecular formula is C26H32N2O4. The Morgan fingerprint density at radius 3 is 2.44 bits per heavy atom. The van der Waals surface area contributed by atoms with E-state index in [-0.39, 0.29) is 18.2 Å². The molecule has 2 aromatic carbocycles. The Morgan fingerprint density at radius 1 is 0.875 bits per heavy atom. The molecule has 5 rings (SSSR count). The van der Waals surface area contributed by atoms with Gasteiger partial charge in [-0.1, -0.05) is 42.5 Å². The SMILES string of the molecule is O=C1OCC(Cc2ccccc2)N1CCC1CCN(CC2COc3ccccc3O2)CC1. The number of carbonyl (C=O) groups is 1. The van der Waals surface area contributed by atoms with E-state index in [1.54, 1.807) is 0 Å². The van der Waals surface area contributed by atoms with Crippen molar-refractivity contribution in [1.29, 1.82) is 0 Å². The van der Waals surface area contributed by atoms with E-state index in [4.69, 9.17) is 14.2 Å². The summed E-state index contributed by atoms with van der Waals surface area (Å²) in [6, 6.07) is 18.4. The van der Waals surface area contributed by atoms with Gasteiger partial charge in [-0.25, -0.2) is 4.79 Å². The number of rotatable bonds is 7. The molecule has 0 aliphatic carbocycles. The van der Waals surface area contributed by atoms with E-state index in [2.05, 4.69) is 17.0 Å². The molecule has 32 heavy (non-hydrogen) atoms. The van der Waals surface area contributed by atoms with Gasteiger partial charge < -0.3 is 19.1 Å². The van der Waals surface area contributed by atoms with Crippen LogP contribution in [0, 0.1) is 5.92 Å². The summed E-state index contributed by atoms with van der Waals surface area (Å²) < 4.78 is 17.4. The van der Waals surface area contributed by atoms with Crippen LogP contribution in [0.5, 0.6) is 11.5 Å². The molecule has 170 valence electrons. The molecule has 0 spiro atoms. The van der Waals surface area contributed by atoms with Crippen LogP contribution in [0.3, 0.4) is 0 Å². The van der Waals surface area contributed by atoms with Crippen LogP contribution in [0.15, 0.2) is 54.6 Å². The van der Waals surface area contributed by atoms with Crippen molar-refractivity contribution in [2.75, 3.05) is 39.4 Å². The Morgan fingerprint density at radius 2 is 1.62 bits per heavy atom. The summed E-state index contributed by atoms with van der Waals surface area (Å²) in [6.45, 7) is 4.94. The molecule has 0 N–H and O–H groups in total. The van der Waals surface area contributed by atoms with E-state index >= 15 is 0 Å². The van der Waals surface area contributed by atoms with Gasteiger partial charge in [0.1, 0.15) is 19.3 Å². The third-order valence-electron chi connectivity index (χ3n) is 6.90. The molecule has 2 fully saturated rings. The van der Waals surface area contributed by atoms with Gasteiger partial charge in [-0.05, 0) is 62.4 Å². The second-order valence-electron chi connectivity index (χ2n) is 9.14. The number of carbonyl (C=O) groups excluding carboxylic acids is 1. The fourth-order valence-electron chi connectivity index (χ4n) is 5.04. The van der Waals surface area contributed by atoms with Gasteiger partial charge in [0.2, 0.25) is 0 Å². The smallest absolute Gasteiger partial charge is 0.410 e. The lowest BCUT2D eigenvalue weighted by Crippen LogP contribution is -2.44. The highest BCUT2D eigenvalue weighted by atomic mass is 16.6. The Hall–Kier alpha value is -2.73. The number of hydrogen-bond acceptors (Lipinski definition) is 5. The number of ether oxygens (including phenoxy) is 3. The van der Waals surface area contributed by atoms with E-state index in [1.807, 2.05) is 47.4 Å². The normalized spacial score (nSPS) is 23.9. The molecule has 0 aromatic heterocycles. The van der Waals surface area contributed by atoms with Crippen LogP contribution < -0.4 is 9.47 Å². The van der Waals surface area contributed by atoms with Crippen molar-refractivity contribution >= 4 is 6.09 Å². The largest absolute Gasteiger partial charge is 0.486 e. The number of nitrogens with zero attached hydrogens (tertiary/aromatic N) is 2. The molecule has 2 aromatic rings. The number of fused-ring (bicyclic) bond motifs is 1. The highest BCUT2D eigenvalue weighted by molar-refractivity contribution is 5.70. The molecule has 2 saturated heterocycles. The molecule has 0 bridgehead atoms. The Labute approximate surface area is 190 Å². The van der Waals surface area contributed by atoms with Crippen molar-refractivity contribution in [2.24, 2.45) is 5.92 Å². The molecule has 3 aliphatic rings. The fraction of sp³-hybridized carbons (Fsp3) is 0.500. The highest BCUT2D eigenvalue weighted by Gasteiger charge is 2.33. The van der Waals surface area contributed by atoms with Gasteiger partial charge >= 0.3 is 6.09 Å². The van der Waals surface area contributed by atoms with Gasteiger partial charge in [0.05, 0.1) is 6.04 Å². The van der Waals surface area contributed by atoms with Crippen molar-refractivity contribution in [2.45, 2.75) is 37.8 Å². The third kappa shape index (κ3) is 5.01. The minimum Gasteiger partial charge on any atom is -0.486 e. The summed E-state index contributed by atoms with van der Waals surface area (Å²) in [4.78, 5) is 16.7. The first-order valence-corrected chi connectivity index (χ1v) is 11.8. The predicted octanol–water partition coefficient (Wildman–Crippen LogP) is 3.99. The first kappa shape index (κ1) is 21.1. The summed E-state index contributed by atoms with van der Waals surface area (Å²) in [5, 5.41) is 0.